The van der Waals surface area contributed by atoms with Crippen molar-refractivity contribution in [3.63, 3.8) is 0 Å². The monoisotopic (exact) mass is 447 g/mol. The Morgan fingerprint density at radius 2 is 0.857 bits per heavy atom. The van der Waals surface area contributed by atoms with E-state index in [1.807, 2.05) is 0 Å². The molecule has 0 nitrogen and oxygen atoms in total. The average molecular weight is 448 g/mol. The number of rotatable bonds is 5. The molecule has 0 aliphatic rings. The summed E-state index contributed by atoms with van der Waals surface area (Å²) >= 11 is 0. The van der Waals surface area contributed by atoms with Gasteiger partial charge in [-0.2, -0.15) is 0 Å². The highest BCUT2D eigenvalue weighted by molar-refractivity contribution is 8.93. The molecule has 0 N–H and O–H groups in total. The highest BCUT2D eigenvalue weighted by atomic mass is 79.9. The van der Waals surface area contributed by atoms with Crippen LogP contribution in [0, 0.1) is 6.92 Å². The van der Waals surface area contributed by atoms with Crippen LogP contribution in [0.4, 0.5) is 0 Å². The zero-order valence-corrected chi connectivity index (χ0v) is 18.6. The van der Waals surface area contributed by atoms with E-state index >= 15 is 0 Å². The fourth-order valence-corrected chi connectivity index (χ4v) is 8.16. The molecule has 0 fully saturated rings. The van der Waals surface area contributed by atoms with Crippen LogP contribution >= 0.6 is 24.2 Å². The van der Waals surface area contributed by atoms with Crippen LogP contribution < -0.4 is 15.9 Å². The van der Waals surface area contributed by atoms with Gasteiger partial charge in [0, 0.05) is 0 Å². The molecule has 0 amide bonds. The van der Waals surface area contributed by atoms with Gasteiger partial charge in [0.05, 0.1) is 6.16 Å². The Labute approximate surface area is 179 Å². The lowest BCUT2D eigenvalue weighted by atomic mass is 10.1. The summed E-state index contributed by atoms with van der Waals surface area (Å²) in [5.74, 6) is 0. The summed E-state index contributed by atoms with van der Waals surface area (Å²) in [5.41, 5.74) is 2.80. The smallest absolute Gasteiger partial charge is 0.114 e. The molecule has 0 saturated carbocycles. The molecule has 0 heterocycles. The fourth-order valence-electron chi connectivity index (χ4n) is 3.81. The molecule has 0 aliphatic carbocycles. The molecule has 4 aromatic rings. The van der Waals surface area contributed by atoms with Crippen LogP contribution in [0.3, 0.4) is 0 Å². The maximum absolute atomic E-state index is 2.31. The van der Waals surface area contributed by atoms with Gasteiger partial charge >= 0.3 is 0 Å². The topological polar surface area (TPSA) is 0 Å². The second kappa shape index (κ2) is 9.32. The maximum atomic E-state index is 2.31. The average Bonchev–Trinajstić information content (AvgIpc) is 2.75. The number of benzene rings is 4. The largest absolute Gasteiger partial charge is 0.116 e. The van der Waals surface area contributed by atoms with Gasteiger partial charge in [-0.1, -0.05) is 78.9 Å². The first-order chi connectivity index (χ1) is 13.3. The van der Waals surface area contributed by atoms with Gasteiger partial charge in [0.1, 0.15) is 23.2 Å². The molecule has 140 valence electrons. The number of hydrogen-bond donors (Lipinski definition) is 0. The third-order valence-corrected chi connectivity index (χ3v) is 9.61. The third-order valence-electron chi connectivity index (χ3n) is 5.26. The van der Waals surface area contributed by atoms with Gasteiger partial charge in [0.25, 0.3) is 0 Å². The fraction of sp³-hybridized carbons (Fsp3) is 0.0769. The summed E-state index contributed by atoms with van der Waals surface area (Å²) in [5, 5.41) is 4.31. The molecule has 4 rings (SSSR count). The first kappa shape index (κ1) is 20.5. The van der Waals surface area contributed by atoms with Gasteiger partial charge in [-0.25, -0.2) is 0 Å². The summed E-state index contributed by atoms with van der Waals surface area (Å²) < 4.78 is 0. The molecule has 4 aromatic carbocycles. The molecule has 0 spiro atoms. The van der Waals surface area contributed by atoms with E-state index in [0.29, 0.717) is 0 Å². The highest BCUT2D eigenvalue weighted by Crippen LogP contribution is 2.58. The lowest BCUT2D eigenvalue weighted by Crippen LogP contribution is -2.32. The second-order valence-corrected chi connectivity index (χ2v) is 10.4. The lowest BCUT2D eigenvalue weighted by Gasteiger charge is -2.28. The zero-order valence-electron chi connectivity index (χ0n) is 16.0. The molecule has 0 saturated heterocycles. The number of halogens is 1. The molecule has 0 aromatic heterocycles. The van der Waals surface area contributed by atoms with Gasteiger partial charge in [0.2, 0.25) is 0 Å². The van der Waals surface area contributed by atoms with Crippen molar-refractivity contribution < 1.29 is 0 Å². The van der Waals surface area contributed by atoms with E-state index in [-0.39, 0.29) is 17.0 Å². The predicted molar refractivity (Wildman–Crippen MR) is 130 cm³/mol. The lowest BCUT2D eigenvalue weighted by molar-refractivity contribution is 1.29. The Bertz CT molecular complexity index is 901. The Morgan fingerprint density at radius 1 is 0.500 bits per heavy atom. The van der Waals surface area contributed by atoms with E-state index < -0.39 is 7.26 Å². The van der Waals surface area contributed by atoms with Crippen molar-refractivity contribution in [1.82, 2.24) is 0 Å². The zero-order chi connectivity index (χ0) is 18.5. The van der Waals surface area contributed by atoms with Gasteiger partial charge < -0.3 is 0 Å². The third kappa shape index (κ3) is 3.97. The molecule has 0 aliphatic heterocycles. The number of hydrogen-bond acceptors (Lipinski definition) is 0. The van der Waals surface area contributed by atoms with Crippen LogP contribution in [0.2, 0.25) is 0 Å². The van der Waals surface area contributed by atoms with Crippen molar-refractivity contribution >= 4 is 40.2 Å². The van der Waals surface area contributed by atoms with Crippen LogP contribution in [0.25, 0.3) is 0 Å². The van der Waals surface area contributed by atoms with Crippen LogP contribution in [-0.4, -0.2) is 0 Å². The van der Waals surface area contributed by atoms with E-state index in [2.05, 4.69) is 122 Å². The van der Waals surface area contributed by atoms with Gasteiger partial charge in [-0.05, 0) is 54.4 Å². The maximum Gasteiger partial charge on any atom is 0.116 e. The van der Waals surface area contributed by atoms with Crippen molar-refractivity contribution in [2.24, 2.45) is 0 Å². The van der Waals surface area contributed by atoms with Crippen LogP contribution in [0.5, 0.6) is 0 Å². The molecule has 2 heteroatoms. The molecule has 0 bridgehead atoms. The van der Waals surface area contributed by atoms with Crippen molar-refractivity contribution in [1.29, 1.82) is 0 Å². The summed E-state index contributed by atoms with van der Waals surface area (Å²) in [6, 6.07) is 42.1. The Kier molecular flexibility index (Phi) is 6.83. The summed E-state index contributed by atoms with van der Waals surface area (Å²) in [6.45, 7) is 2.23. The standard InChI is InChI=1S/C26H24P.BrH/c1-22-13-11-12-14-23(22)21-27(24-15-5-2-6-16-24,25-17-7-3-8-18-25)26-19-9-4-10-20-26;/h2-20H,21H2,1H3;1H/q+1;. The Morgan fingerprint density at radius 3 is 1.25 bits per heavy atom. The van der Waals surface area contributed by atoms with E-state index in [1.54, 1.807) is 0 Å². The van der Waals surface area contributed by atoms with Gasteiger partial charge in [-0.3, -0.25) is 0 Å². The molecule has 0 radical (unpaired) electrons. The van der Waals surface area contributed by atoms with Crippen LogP contribution in [-0.2, 0) is 6.16 Å². The van der Waals surface area contributed by atoms with E-state index in [0.717, 1.165) is 6.16 Å². The molecule has 0 unspecified atom stereocenters. The Balaban J connectivity index is 0.00000225. The van der Waals surface area contributed by atoms with Crippen LogP contribution in [0.15, 0.2) is 115 Å². The van der Waals surface area contributed by atoms with Crippen molar-refractivity contribution in [3.8, 4) is 0 Å². The Hall–Kier alpha value is -2.21. The minimum atomic E-state index is -1.80. The summed E-state index contributed by atoms with van der Waals surface area (Å²) in [6.07, 6.45) is 1.04. The van der Waals surface area contributed by atoms with Gasteiger partial charge in [0.15, 0.2) is 0 Å². The van der Waals surface area contributed by atoms with Crippen molar-refractivity contribution in [3.05, 3.63) is 126 Å². The summed E-state index contributed by atoms with van der Waals surface area (Å²) in [4.78, 5) is 0. The molecular weight excluding hydrogens is 423 g/mol. The first-order valence-corrected chi connectivity index (χ1v) is 11.4. The molecule has 28 heavy (non-hydrogen) atoms. The minimum Gasteiger partial charge on any atom is -0.114 e. The van der Waals surface area contributed by atoms with E-state index in [1.165, 1.54) is 27.0 Å². The van der Waals surface area contributed by atoms with E-state index in [9.17, 15) is 0 Å². The number of aryl methyl sites for hydroxylation is 1. The van der Waals surface area contributed by atoms with Crippen molar-refractivity contribution in [2.75, 3.05) is 0 Å². The SMILES string of the molecule is Br.Cc1ccccc1C[P+](c1ccccc1)(c1ccccc1)c1ccccc1. The predicted octanol–water partition coefficient (Wildman–Crippen LogP) is 6.07. The van der Waals surface area contributed by atoms with Gasteiger partial charge in [-0.15, -0.1) is 17.0 Å². The van der Waals surface area contributed by atoms with Crippen LogP contribution in [0.1, 0.15) is 11.1 Å². The normalized spacial score (nSPS) is 10.9. The summed E-state index contributed by atoms with van der Waals surface area (Å²) in [7, 11) is -1.80. The quantitative estimate of drug-likeness (QED) is 0.325. The minimum absolute atomic E-state index is 0. The highest BCUT2D eigenvalue weighted by Gasteiger charge is 2.45. The van der Waals surface area contributed by atoms with Crippen molar-refractivity contribution in [2.45, 2.75) is 13.1 Å². The second-order valence-electron chi connectivity index (χ2n) is 6.90. The first-order valence-electron chi connectivity index (χ1n) is 9.40. The molecule has 0 atom stereocenters. The molecular formula is C26H25BrP+. The van der Waals surface area contributed by atoms with E-state index in [4.69, 9.17) is 0 Å².